The van der Waals surface area contributed by atoms with Crippen molar-refractivity contribution in [2.24, 2.45) is 0 Å². The van der Waals surface area contributed by atoms with E-state index >= 15 is 0 Å². The van der Waals surface area contributed by atoms with E-state index < -0.39 is 0 Å². The van der Waals surface area contributed by atoms with Gasteiger partial charge in [0.15, 0.2) is 11.4 Å². The van der Waals surface area contributed by atoms with E-state index in [0.717, 1.165) is 10.3 Å². The van der Waals surface area contributed by atoms with Crippen LogP contribution < -0.4 is 15.0 Å². The summed E-state index contributed by atoms with van der Waals surface area (Å²) >= 11 is 16.6. The molecule has 2 amide bonds. The lowest BCUT2D eigenvalue weighted by Crippen LogP contribution is -2.43. The van der Waals surface area contributed by atoms with E-state index in [-0.39, 0.29) is 62.4 Å². The van der Waals surface area contributed by atoms with Gasteiger partial charge in [-0.3, -0.25) is 18.9 Å². The van der Waals surface area contributed by atoms with Gasteiger partial charge in [0.25, 0.3) is 0 Å². The number of hydrogen-bond acceptors (Lipinski definition) is 5. The molecule has 0 fully saturated rings. The van der Waals surface area contributed by atoms with Crippen LogP contribution in [0, 0.1) is 6.92 Å². The molecule has 3 aromatic rings. The first kappa shape index (κ1) is 33.3. The maximum absolute atomic E-state index is 12.7. The number of fused-ring (bicyclic) bond motifs is 1. The van der Waals surface area contributed by atoms with Crippen LogP contribution in [-0.2, 0) is 16.2 Å². The van der Waals surface area contributed by atoms with Crippen LogP contribution in [0.15, 0.2) is 35.1 Å². The molecule has 37 heavy (non-hydrogen) atoms. The van der Waals surface area contributed by atoms with E-state index in [1.807, 2.05) is 55.4 Å². The molecular formula is C24H30BrCl4N5O3. The molecule has 0 spiro atoms. The van der Waals surface area contributed by atoms with Crippen molar-refractivity contribution in [1.29, 1.82) is 0 Å². The second-order valence-corrected chi connectivity index (χ2v) is 9.98. The van der Waals surface area contributed by atoms with E-state index in [0.29, 0.717) is 32.7 Å². The van der Waals surface area contributed by atoms with Crippen molar-refractivity contribution in [3.05, 3.63) is 56.4 Å². The van der Waals surface area contributed by atoms with Crippen LogP contribution in [0.3, 0.4) is 0 Å². The average molecular weight is 658 g/mol. The van der Waals surface area contributed by atoms with E-state index in [1.54, 1.807) is 19.2 Å². The number of carbonyl (C=O) groups is 2. The number of carbonyl (C=O) groups excluding carboxylic acids is 2. The van der Waals surface area contributed by atoms with Crippen molar-refractivity contribution in [2.75, 3.05) is 32.1 Å². The van der Waals surface area contributed by atoms with Crippen molar-refractivity contribution in [3.8, 4) is 5.75 Å². The maximum atomic E-state index is 12.7. The Morgan fingerprint density at radius 3 is 2.51 bits per heavy atom. The molecule has 204 valence electrons. The largest absolute Gasteiger partial charge is 0.485 e. The predicted octanol–water partition coefficient (Wildman–Crippen LogP) is 5.55. The van der Waals surface area contributed by atoms with Crippen LogP contribution >= 0.6 is 63.9 Å². The number of ether oxygens (including phenoxy) is 1. The SMILES string of the molecule is Cc1nc2c(OCc3c(Cl)ccc(N(C)C(=O)CNC(=O)CN(C)C(C)C)c3Cl)cccn2c1Br.Cl.Cl. The lowest BCUT2D eigenvalue weighted by Gasteiger charge is -2.22. The van der Waals surface area contributed by atoms with E-state index in [4.69, 9.17) is 27.9 Å². The second kappa shape index (κ2) is 14.4. The van der Waals surface area contributed by atoms with Crippen LogP contribution in [0.5, 0.6) is 5.75 Å². The topological polar surface area (TPSA) is 79.2 Å². The van der Waals surface area contributed by atoms with Gasteiger partial charge in [-0.1, -0.05) is 23.2 Å². The van der Waals surface area contributed by atoms with E-state index in [9.17, 15) is 9.59 Å². The normalized spacial score (nSPS) is 10.8. The zero-order valence-corrected chi connectivity index (χ0v) is 25.8. The average Bonchev–Trinajstić information content (AvgIpc) is 3.11. The number of halogens is 5. The van der Waals surface area contributed by atoms with Crippen LogP contribution in [-0.4, -0.2) is 59.3 Å². The number of amides is 2. The minimum Gasteiger partial charge on any atom is -0.485 e. The molecule has 0 bridgehead atoms. The first-order valence-corrected chi connectivity index (χ1v) is 12.5. The number of aryl methyl sites for hydroxylation is 1. The molecule has 8 nitrogen and oxygen atoms in total. The Balaban J connectivity index is 0.00000342. The van der Waals surface area contributed by atoms with Crippen molar-refractivity contribution < 1.29 is 14.3 Å². The Hall–Kier alpha value is -1.75. The molecule has 0 unspecified atom stereocenters. The summed E-state index contributed by atoms with van der Waals surface area (Å²) in [5.41, 5.74) is 2.50. The van der Waals surface area contributed by atoms with Gasteiger partial charge in [-0.05, 0) is 68.0 Å². The van der Waals surface area contributed by atoms with Gasteiger partial charge in [-0.15, -0.1) is 24.8 Å². The number of nitrogens with one attached hydrogen (secondary N) is 1. The lowest BCUT2D eigenvalue weighted by atomic mass is 10.2. The third kappa shape index (κ3) is 7.88. The summed E-state index contributed by atoms with van der Waals surface area (Å²) in [4.78, 5) is 32.7. The zero-order chi connectivity index (χ0) is 25.9. The summed E-state index contributed by atoms with van der Waals surface area (Å²) in [5.74, 6) is 0.0238. The fraction of sp³-hybridized carbons (Fsp3) is 0.375. The highest BCUT2D eigenvalue weighted by Crippen LogP contribution is 2.35. The lowest BCUT2D eigenvalue weighted by molar-refractivity contribution is -0.125. The highest BCUT2D eigenvalue weighted by atomic mass is 79.9. The van der Waals surface area contributed by atoms with Crippen LogP contribution in [0.4, 0.5) is 5.69 Å². The summed E-state index contributed by atoms with van der Waals surface area (Å²) in [6.07, 6.45) is 1.88. The minimum absolute atomic E-state index is 0. The van der Waals surface area contributed by atoms with Gasteiger partial charge >= 0.3 is 0 Å². The molecule has 0 aliphatic rings. The van der Waals surface area contributed by atoms with Crippen LogP contribution in [0.1, 0.15) is 25.1 Å². The highest BCUT2D eigenvalue weighted by molar-refractivity contribution is 9.10. The molecular weight excluding hydrogens is 628 g/mol. The molecule has 13 heteroatoms. The first-order chi connectivity index (χ1) is 16.5. The molecule has 2 aromatic heterocycles. The van der Waals surface area contributed by atoms with Crippen LogP contribution in [0.2, 0.25) is 10.0 Å². The number of rotatable bonds is 9. The Labute approximate surface area is 247 Å². The number of hydrogen-bond donors (Lipinski definition) is 1. The van der Waals surface area contributed by atoms with Crippen molar-refractivity contribution in [3.63, 3.8) is 0 Å². The zero-order valence-electron chi connectivity index (χ0n) is 21.0. The number of imidazole rings is 1. The molecule has 1 aromatic carbocycles. The summed E-state index contributed by atoms with van der Waals surface area (Å²) in [6, 6.07) is 7.22. The van der Waals surface area contributed by atoms with Gasteiger partial charge in [0, 0.05) is 29.9 Å². The number of anilines is 1. The molecule has 0 radical (unpaired) electrons. The molecule has 0 aliphatic heterocycles. The molecule has 0 atom stereocenters. The molecule has 3 rings (SSSR count). The van der Waals surface area contributed by atoms with Gasteiger partial charge in [0.1, 0.15) is 11.2 Å². The maximum Gasteiger partial charge on any atom is 0.246 e. The molecule has 0 saturated heterocycles. The Morgan fingerprint density at radius 2 is 1.86 bits per heavy atom. The quantitative estimate of drug-likeness (QED) is 0.326. The number of nitrogens with zero attached hydrogens (tertiary/aromatic N) is 4. The smallest absolute Gasteiger partial charge is 0.246 e. The Bertz CT molecular complexity index is 1250. The Kier molecular flexibility index (Phi) is 13.0. The molecule has 2 heterocycles. The molecule has 0 aliphatic carbocycles. The minimum atomic E-state index is -0.316. The van der Waals surface area contributed by atoms with Gasteiger partial charge in [0.05, 0.1) is 29.5 Å². The fourth-order valence-corrected chi connectivity index (χ4v) is 4.24. The summed E-state index contributed by atoms with van der Waals surface area (Å²) in [5, 5.41) is 3.37. The summed E-state index contributed by atoms with van der Waals surface area (Å²) < 4.78 is 8.75. The van der Waals surface area contributed by atoms with Crippen LogP contribution in [0.25, 0.3) is 5.65 Å². The van der Waals surface area contributed by atoms with Gasteiger partial charge in [-0.2, -0.15) is 0 Å². The van der Waals surface area contributed by atoms with Gasteiger partial charge < -0.3 is 15.0 Å². The number of pyridine rings is 1. The van der Waals surface area contributed by atoms with Gasteiger partial charge in [0.2, 0.25) is 11.8 Å². The standard InChI is InChI=1S/C24H28BrCl2N5O3.2ClH/c1-14(2)30(4)12-20(33)28-11-21(34)31(5)18-9-8-17(26)16(22(18)27)13-35-19-7-6-10-32-23(25)15(3)29-24(19)32;;/h6-10,14H,11-13H2,1-5H3,(H,28,33);2*1H. The number of aromatic nitrogens is 2. The monoisotopic (exact) mass is 655 g/mol. The third-order valence-electron chi connectivity index (χ3n) is 5.70. The Morgan fingerprint density at radius 1 is 1.19 bits per heavy atom. The molecule has 0 saturated carbocycles. The van der Waals surface area contributed by atoms with Gasteiger partial charge in [-0.25, -0.2) is 4.98 Å². The third-order valence-corrected chi connectivity index (χ3v) is 7.43. The van der Waals surface area contributed by atoms with Crippen molar-refractivity contribution in [1.82, 2.24) is 19.6 Å². The first-order valence-electron chi connectivity index (χ1n) is 11.0. The summed E-state index contributed by atoms with van der Waals surface area (Å²) in [6.45, 7) is 6.02. The van der Waals surface area contributed by atoms with Crippen molar-refractivity contribution >= 4 is 87.1 Å². The van der Waals surface area contributed by atoms with Crippen molar-refractivity contribution in [2.45, 2.75) is 33.4 Å². The van der Waals surface area contributed by atoms with E-state index in [1.165, 1.54) is 4.90 Å². The number of likely N-dealkylation sites (N-methyl/N-ethyl adjacent to an activating group) is 2. The number of benzene rings is 1. The predicted molar refractivity (Wildman–Crippen MR) is 157 cm³/mol. The molecule has 1 N–H and O–H groups in total. The van der Waals surface area contributed by atoms with E-state index in [2.05, 4.69) is 26.2 Å². The second-order valence-electron chi connectivity index (χ2n) is 8.44. The summed E-state index contributed by atoms with van der Waals surface area (Å²) in [7, 11) is 3.45. The fourth-order valence-electron chi connectivity index (χ4n) is 3.26. The highest BCUT2D eigenvalue weighted by Gasteiger charge is 2.20.